The lowest BCUT2D eigenvalue weighted by Gasteiger charge is -2.26. The second kappa shape index (κ2) is 7.78. The summed E-state index contributed by atoms with van der Waals surface area (Å²) in [5.41, 5.74) is 1.00. The molecule has 0 spiro atoms. The van der Waals surface area contributed by atoms with Crippen LogP contribution in [0.4, 0.5) is 9.59 Å². The van der Waals surface area contributed by atoms with E-state index in [1.807, 2.05) is 45.0 Å². The van der Waals surface area contributed by atoms with Crippen molar-refractivity contribution < 1.29 is 23.9 Å². The fraction of sp³-hybridized carbons (Fsp3) is 0.522. The van der Waals surface area contributed by atoms with Crippen LogP contribution in [0.1, 0.15) is 58.4 Å². The number of rotatable bonds is 3. The molecule has 1 aliphatic heterocycles. The van der Waals surface area contributed by atoms with Crippen molar-refractivity contribution in [3.8, 4) is 0 Å². The zero-order valence-corrected chi connectivity index (χ0v) is 17.7. The van der Waals surface area contributed by atoms with Crippen LogP contribution in [-0.4, -0.2) is 45.3 Å². The van der Waals surface area contributed by atoms with Gasteiger partial charge in [0.2, 0.25) is 5.91 Å². The highest BCUT2D eigenvalue weighted by molar-refractivity contribution is 5.95. The summed E-state index contributed by atoms with van der Waals surface area (Å²) in [5, 5.41) is 0.899. The van der Waals surface area contributed by atoms with Gasteiger partial charge in [0.25, 0.3) is 0 Å². The third-order valence-corrected chi connectivity index (χ3v) is 5.71. The molecular weight excluding hydrogens is 384 g/mol. The standard InChI is InChI=1S/C23H28N2O5/c1-23(2,3)30-21(27)24-14-15(16-8-4-5-9-17(16)24)12-13-20(26)25-18-10-6-7-11-19(18)29-22(25)28/h4-5,8-9,14,18-19H,6-7,10-13H2,1-3H3/t18-,19-/m1/s1. The zero-order chi connectivity index (χ0) is 21.5. The van der Waals surface area contributed by atoms with Crippen molar-refractivity contribution in [3.63, 3.8) is 0 Å². The van der Waals surface area contributed by atoms with Crippen LogP contribution < -0.4 is 0 Å². The molecule has 160 valence electrons. The molecule has 2 amide bonds. The lowest BCUT2D eigenvalue weighted by Crippen LogP contribution is -2.42. The molecule has 1 aliphatic carbocycles. The SMILES string of the molecule is CC(C)(C)OC(=O)n1cc(CCC(=O)N2C(=O)O[C@@H]3CCCC[C@H]32)c2ccccc21. The Kier molecular flexibility index (Phi) is 5.30. The largest absolute Gasteiger partial charge is 0.444 e. The van der Waals surface area contributed by atoms with E-state index in [9.17, 15) is 14.4 Å². The van der Waals surface area contributed by atoms with E-state index in [0.29, 0.717) is 6.42 Å². The smallest absolute Gasteiger partial charge is 0.419 e. The highest BCUT2D eigenvalue weighted by atomic mass is 16.6. The average molecular weight is 412 g/mol. The van der Waals surface area contributed by atoms with Gasteiger partial charge in [-0.05, 0) is 58.1 Å². The van der Waals surface area contributed by atoms with Crippen LogP contribution in [0, 0.1) is 0 Å². The van der Waals surface area contributed by atoms with E-state index >= 15 is 0 Å². The van der Waals surface area contributed by atoms with Crippen molar-refractivity contribution in [1.29, 1.82) is 0 Å². The molecule has 1 saturated heterocycles. The van der Waals surface area contributed by atoms with Crippen molar-refractivity contribution in [3.05, 3.63) is 36.0 Å². The highest BCUT2D eigenvalue weighted by Crippen LogP contribution is 2.32. The van der Waals surface area contributed by atoms with Crippen LogP contribution >= 0.6 is 0 Å². The van der Waals surface area contributed by atoms with Crippen molar-refractivity contribution in [2.75, 3.05) is 0 Å². The molecule has 1 saturated carbocycles. The number of aromatic nitrogens is 1. The summed E-state index contributed by atoms with van der Waals surface area (Å²) in [7, 11) is 0. The van der Waals surface area contributed by atoms with E-state index in [2.05, 4.69) is 0 Å². The Bertz CT molecular complexity index is 987. The van der Waals surface area contributed by atoms with Gasteiger partial charge in [-0.25, -0.2) is 14.5 Å². The molecule has 2 atom stereocenters. The molecule has 0 unspecified atom stereocenters. The van der Waals surface area contributed by atoms with Crippen molar-refractivity contribution in [2.45, 2.75) is 77.0 Å². The first-order valence-corrected chi connectivity index (χ1v) is 10.6. The fourth-order valence-electron chi connectivity index (χ4n) is 4.39. The predicted molar refractivity (Wildman–Crippen MR) is 111 cm³/mol. The number of carbonyl (C=O) groups excluding carboxylic acids is 3. The third-order valence-electron chi connectivity index (χ3n) is 5.71. The monoisotopic (exact) mass is 412 g/mol. The number of aryl methyl sites for hydroxylation is 1. The zero-order valence-electron chi connectivity index (χ0n) is 17.7. The van der Waals surface area contributed by atoms with E-state index in [4.69, 9.17) is 9.47 Å². The summed E-state index contributed by atoms with van der Waals surface area (Å²) in [6, 6.07) is 7.41. The molecule has 2 aliphatic rings. The van der Waals surface area contributed by atoms with Gasteiger partial charge >= 0.3 is 12.2 Å². The predicted octanol–water partition coefficient (Wildman–Crippen LogP) is 4.65. The molecule has 2 fully saturated rings. The normalized spacial score (nSPS) is 21.4. The number of ether oxygens (including phenoxy) is 2. The number of nitrogens with zero attached hydrogens (tertiary/aromatic N) is 2. The quantitative estimate of drug-likeness (QED) is 0.733. The second-order valence-corrected chi connectivity index (χ2v) is 9.06. The lowest BCUT2D eigenvalue weighted by atomic mass is 9.92. The van der Waals surface area contributed by atoms with Gasteiger partial charge in [0.1, 0.15) is 11.7 Å². The molecule has 4 rings (SSSR count). The molecule has 30 heavy (non-hydrogen) atoms. The van der Waals surface area contributed by atoms with Crippen molar-refractivity contribution >= 4 is 29.0 Å². The van der Waals surface area contributed by atoms with Crippen LogP contribution in [-0.2, 0) is 20.7 Å². The van der Waals surface area contributed by atoms with Gasteiger partial charge < -0.3 is 9.47 Å². The first-order valence-electron chi connectivity index (χ1n) is 10.6. The Morgan fingerprint density at radius 3 is 2.67 bits per heavy atom. The number of hydrogen-bond donors (Lipinski definition) is 0. The Balaban J connectivity index is 1.52. The van der Waals surface area contributed by atoms with E-state index in [1.54, 1.807) is 6.20 Å². The summed E-state index contributed by atoms with van der Waals surface area (Å²) in [4.78, 5) is 39.1. The minimum Gasteiger partial charge on any atom is -0.444 e. The first-order chi connectivity index (χ1) is 14.2. The van der Waals surface area contributed by atoms with Crippen molar-refractivity contribution in [2.24, 2.45) is 0 Å². The Morgan fingerprint density at radius 2 is 1.90 bits per heavy atom. The average Bonchev–Trinajstić information content (AvgIpc) is 3.22. The minimum absolute atomic E-state index is 0.137. The summed E-state index contributed by atoms with van der Waals surface area (Å²) >= 11 is 0. The molecule has 2 aromatic rings. The summed E-state index contributed by atoms with van der Waals surface area (Å²) in [6.07, 6.45) is 4.87. The van der Waals surface area contributed by atoms with Gasteiger partial charge in [0, 0.05) is 18.0 Å². The molecule has 1 aromatic carbocycles. The number of hydrogen-bond acceptors (Lipinski definition) is 5. The van der Waals surface area contributed by atoms with E-state index < -0.39 is 17.8 Å². The van der Waals surface area contributed by atoms with Gasteiger partial charge in [-0.3, -0.25) is 9.36 Å². The number of carbonyl (C=O) groups is 3. The second-order valence-electron chi connectivity index (χ2n) is 9.06. The number of amides is 2. The summed E-state index contributed by atoms with van der Waals surface area (Å²) < 4.78 is 12.4. The van der Waals surface area contributed by atoms with Crippen LogP contribution in [0.25, 0.3) is 10.9 Å². The van der Waals surface area contributed by atoms with E-state index in [1.165, 1.54) is 9.47 Å². The molecule has 2 heterocycles. The molecule has 0 N–H and O–H groups in total. The molecule has 1 aromatic heterocycles. The maximum Gasteiger partial charge on any atom is 0.419 e. The van der Waals surface area contributed by atoms with Crippen LogP contribution in [0.15, 0.2) is 30.5 Å². The molecule has 7 nitrogen and oxygen atoms in total. The Labute approximate surface area is 175 Å². The minimum atomic E-state index is -0.606. The number of fused-ring (bicyclic) bond motifs is 2. The number of imide groups is 1. The fourth-order valence-corrected chi connectivity index (χ4v) is 4.39. The molecule has 0 bridgehead atoms. The molecule has 0 radical (unpaired) electrons. The van der Waals surface area contributed by atoms with Crippen LogP contribution in [0.3, 0.4) is 0 Å². The van der Waals surface area contributed by atoms with Gasteiger partial charge in [0.15, 0.2) is 0 Å². The Morgan fingerprint density at radius 1 is 1.17 bits per heavy atom. The van der Waals surface area contributed by atoms with Gasteiger partial charge in [-0.15, -0.1) is 0 Å². The number of benzene rings is 1. The van der Waals surface area contributed by atoms with E-state index in [-0.39, 0.29) is 24.5 Å². The number of para-hydroxylation sites is 1. The van der Waals surface area contributed by atoms with Crippen LogP contribution in [0.2, 0.25) is 0 Å². The van der Waals surface area contributed by atoms with Gasteiger partial charge in [-0.2, -0.15) is 0 Å². The molecule has 7 heteroatoms. The van der Waals surface area contributed by atoms with Gasteiger partial charge in [-0.1, -0.05) is 24.6 Å². The maximum absolute atomic E-state index is 12.9. The topological polar surface area (TPSA) is 77.8 Å². The lowest BCUT2D eigenvalue weighted by molar-refractivity contribution is -0.129. The molecular formula is C23H28N2O5. The third kappa shape index (κ3) is 3.93. The summed E-state index contributed by atoms with van der Waals surface area (Å²) in [5.74, 6) is -0.219. The van der Waals surface area contributed by atoms with E-state index in [0.717, 1.165) is 42.1 Å². The Hall–Kier alpha value is -2.83. The highest BCUT2D eigenvalue weighted by Gasteiger charge is 2.45. The first kappa shape index (κ1) is 20.4. The van der Waals surface area contributed by atoms with Crippen molar-refractivity contribution in [1.82, 2.24) is 9.47 Å². The maximum atomic E-state index is 12.9. The summed E-state index contributed by atoms with van der Waals surface area (Å²) in [6.45, 7) is 5.47. The van der Waals surface area contributed by atoms with Crippen LogP contribution in [0.5, 0.6) is 0 Å². The van der Waals surface area contributed by atoms with Gasteiger partial charge in [0.05, 0.1) is 11.6 Å².